The molecule has 34 heavy (non-hydrogen) atoms. The van der Waals surface area contributed by atoms with Crippen LogP contribution in [0.1, 0.15) is 28.4 Å². The second-order valence-electron chi connectivity index (χ2n) is 8.22. The van der Waals surface area contributed by atoms with Crippen molar-refractivity contribution in [2.24, 2.45) is 0 Å². The molecule has 0 radical (unpaired) electrons. The van der Waals surface area contributed by atoms with E-state index in [1.807, 2.05) is 19.1 Å². The lowest BCUT2D eigenvalue weighted by molar-refractivity contribution is -0.124. The number of aromatic nitrogens is 1. The molecule has 0 bridgehead atoms. The van der Waals surface area contributed by atoms with Crippen LogP contribution in [0.15, 0.2) is 65.6 Å². The van der Waals surface area contributed by atoms with Crippen molar-refractivity contribution in [1.82, 2.24) is 20.5 Å². The fourth-order valence-electron chi connectivity index (χ4n) is 4.49. The maximum absolute atomic E-state index is 13.2. The largest absolute Gasteiger partial charge is 0.494 e. The Morgan fingerprint density at radius 2 is 1.79 bits per heavy atom. The van der Waals surface area contributed by atoms with E-state index in [-0.39, 0.29) is 18.0 Å². The molecule has 1 atom stereocenters. The Labute approximate surface area is 194 Å². The zero-order valence-corrected chi connectivity index (χ0v) is 18.4. The summed E-state index contributed by atoms with van der Waals surface area (Å²) in [6, 6.07) is 15.0. The average Bonchev–Trinajstić information content (AvgIpc) is 3.30. The molecule has 0 spiro atoms. The van der Waals surface area contributed by atoms with Crippen molar-refractivity contribution in [2.75, 3.05) is 13.2 Å². The average molecular weight is 458 g/mol. The SMILES string of the molecule is CCOc1ccc2c(c1)C(=O)N(C[C@@]1(c3ccc(-c4ccc[nH]c4=O)cc3)NC(=O)NC1=O)C2. The Morgan fingerprint density at radius 1 is 1.00 bits per heavy atom. The monoisotopic (exact) mass is 458 g/mol. The van der Waals surface area contributed by atoms with E-state index in [1.165, 1.54) is 0 Å². The second-order valence-corrected chi connectivity index (χ2v) is 8.22. The molecule has 0 unspecified atom stereocenters. The number of ether oxygens (including phenoxy) is 1. The number of carbonyl (C=O) groups is 3. The van der Waals surface area contributed by atoms with E-state index in [4.69, 9.17) is 4.74 Å². The summed E-state index contributed by atoms with van der Waals surface area (Å²) >= 11 is 0. The van der Waals surface area contributed by atoms with Crippen molar-refractivity contribution in [3.63, 3.8) is 0 Å². The summed E-state index contributed by atoms with van der Waals surface area (Å²) in [7, 11) is 0. The number of carbonyl (C=O) groups excluding carboxylic acids is 3. The Morgan fingerprint density at radius 3 is 2.47 bits per heavy atom. The van der Waals surface area contributed by atoms with Gasteiger partial charge in [0, 0.05) is 23.9 Å². The zero-order chi connectivity index (χ0) is 23.9. The number of rotatable bonds is 6. The summed E-state index contributed by atoms with van der Waals surface area (Å²) in [5.74, 6) is -0.177. The van der Waals surface area contributed by atoms with Gasteiger partial charge in [0.05, 0.1) is 13.2 Å². The van der Waals surface area contributed by atoms with Crippen LogP contribution in [0.4, 0.5) is 4.79 Å². The number of hydrogen-bond donors (Lipinski definition) is 3. The zero-order valence-electron chi connectivity index (χ0n) is 18.4. The van der Waals surface area contributed by atoms with E-state index >= 15 is 0 Å². The third-order valence-electron chi connectivity index (χ3n) is 6.15. The van der Waals surface area contributed by atoms with Crippen LogP contribution in [0.2, 0.25) is 0 Å². The van der Waals surface area contributed by atoms with Crippen LogP contribution in [0.25, 0.3) is 11.1 Å². The first kappa shape index (κ1) is 21.4. The van der Waals surface area contributed by atoms with Crippen molar-refractivity contribution in [2.45, 2.75) is 19.0 Å². The summed E-state index contributed by atoms with van der Waals surface area (Å²) in [6.07, 6.45) is 1.55. The third-order valence-corrected chi connectivity index (χ3v) is 6.15. The van der Waals surface area contributed by atoms with E-state index in [2.05, 4.69) is 15.6 Å². The van der Waals surface area contributed by atoms with Gasteiger partial charge in [-0.2, -0.15) is 0 Å². The van der Waals surface area contributed by atoms with E-state index in [0.717, 1.165) is 5.56 Å². The third kappa shape index (κ3) is 3.51. The molecule has 0 aliphatic carbocycles. The summed E-state index contributed by atoms with van der Waals surface area (Å²) in [4.78, 5) is 54.6. The van der Waals surface area contributed by atoms with E-state index in [0.29, 0.717) is 41.2 Å². The van der Waals surface area contributed by atoms with Crippen molar-refractivity contribution in [3.05, 3.63) is 87.8 Å². The molecule has 3 aromatic rings. The molecule has 3 heterocycles. The lowest BCUT2D eigenvalue weighted by Gasteiger charge is -2.31. The molecule has 2 aliphatic heterocycles. The van der Waals surface area contributed by atoms with Gasteiger partial charge in [0.25, 0.3) is 17.4 Å². The Bertz CT molecular complexity index is 1360. The molecule has 2 aromatic carbocycles. The molecule has 1 fully saturated rings. The molecule has 9 heteroatoms. The summed E-state index contributed by atoms with van der Waals surface area (Å²) in [5, 5.41) is 5.02. The number of H-pyrrole nitrogens is 1. The molecule has 0 saturated carbocycles. The first-order chi connectivity index (χ1) is 16.4. The Kier molecular flexibility index (Phi) is 5.16. The van der Waals surface area contributed by atoms with Gasteiger partial charge in [-0.05, 0) is 47.9 Å². The summed E-state index contributed by atoms with van der Waals surface area (Å²) in [6.45, 7) is 2.61. The molecule has 1 aromatic heterocycles. The Balaban J connectivity index is 1.47. The van der Waals surface area contributed by atoms with Gasteiger partial charge in [-0.3, -0.25) is 19.7 Å². The highest BCUT2D eigenvalue weighted by Gasteiger charge is 2.50. The predicted octanol–water partition coefficient (Wildman–Crippen LogP) is 2.13. The second kappa shape index (κ2) is 8.18. The van der Waals surface area contributed by atoms with Gasteiger partial charge in [-0.15, -0.1) is 0 Å². The molecular weight excluding hydrogens is 436 g/mol. The van der Waals surface area contributed by atoms with Crippen LogP contribution in [-0.4, -0.2) is 40.9 Å². The van der Waals surface area contributed by atoms with Crippen molar-refractivity contribution < 1.29 is 19.1 Å². The summed E-state index contributed by atoms with van der Waals surface area (Å²) < 4.78 is 5.51. The lowest BCUT2D eigenvalue weighted by Crippen LogP contribution is -2.52. The minimum Gasteiger partial charge on any atom is -0.494 e. The van der Waals surface area contributed by atoms with Gasteiger partial charge in [-0.25, -0.2) is 4.79 Å². The number of pyridine rings is 1. The molecule has 1 saturated heterocycles. The first-order valence-corrected chi connectivity index (χ1v) is 10.9. The quantitative estimate of drug-likeness (QED) is 0.489. The van der Waals surface area contributed by atoms with Crippen LogP contribution in [0, 0.1) is 0 Å². The number of benzene rings is 2. The topological polar surface area (TPSA) is 121 Å². The number of nitrogens with one attached hydrogen (secondary N) is 3. The van der Waals surface area contributed by atoms with E-state index in [1.54, 1.807) is 53.6 Å². The van der Waals surface area contributed by atoms with Gasteiger partial charge in [0.15, 0.2) is 5.54 Å². The highest BCUT2D eigenvalue weighted by molar-refractivity contribution is 6.08. The number of aromatic amines is 1. The molecular formula is C25H22N4O5. The van der Waals surface area contributed by atoms with Gasteiger partial charge in [0.2, 0.25) is 0 Å². The van der Waals surface area contributed by atoms with Crippen LogP contribution < -0.4 is 20.9 Å². The van der Waals surface area contributed by atoms with Crippen LogP contribution in [-0.2, 0) is 16.9 Å². The lowest BCUT2D eigenvalue weighted by atomic mass is 9.88. The van der Waals surface area contributed by atoms with Crippen molar-refractivity contribution in [3.8, 4) is 16.9 Å². The molecule has 3 N–H and O–H groups in total. The maximum Gasteiger partial charge on any atom is 0.322 e. The first-order valence-electron chi connectivity index (χ1n) is 10.9. The minimum absolute atomic E-state index is 0.0483. The van der Waals surface area contributed by atoms with Crippen LogP contribution >= 0.6 is 0 Å². The van der Waals surface area contributed by atoms with E-state index in [9.17, 15) is 19.2 Å². The standard InChI is InChI=1S/C25H22N4O5/c1-2-34-18-10-7-16-13-29(22(31)20(16)12-18)14-25(23(32)27-24(33)28-25)17-8-5-15(6-9-17)19-4-3-11-26-21(19)30/h3-12H,2,13-14H2,1H3,(H,26,30)(H2,27,28,32,33)/t25-/m0/s1. The number of amides is 4. The number of urea groups is 1. The maximum atomic E-state index is 13.2. The van der Waals surface area contributed by atoms with Crippen molar-refractivity contribution in [1.29, 1.82) is 0 Å². The highest BCUT2D eigenvalue weighted by atomic mass is 16.5. The van der Waals surface area contributed by atoms with Crippen molar-refractivity contribution >= 4 is 17.8 Å². The summed E-state index contributed by atoms with van der Waals surface area (Å²) in [5.41, 5.74) is 1.31. The van der Waals surface area contributed by atoms with Crippen LogP contribution in [0.5, 0.6) is 5.75 Å². The fraction of sp³-hybridized carbons (Fsp3) is 0.200. The van der Waals surface area contributed by atoms with Gasteiger partial charge in [-0.1, -0.05) is 30.3 Å². The number of hydrogen-bond acceptors (Lipinski definition) is 5. The fourth-order valence-corrected chi connectivity index (χ4v) is 4.49. The van der Waals surface area contributed by atoms with Gasteiger partial charge >= 0.3 is 6.03 Å². The number of fused-ring (bicyclic) bond motifs is 1. The highest BCUT2D eigenvalue weighted by Crippen LogP contribution is 2.33. The molecule has 5 rings (SSSR count). The minimum atomic E-state index is -1.46. The molecule has 9 nitrogen and oxygen atoms in total. The number of imide groups is 1. The Hall–Kier alpha value is -4.40. The number of nitrogens with zero attached hydrogens (tertiary/aromatic N) is 1. The van der Waals surface area contributed by atoms with Gasteiger partial charge < -0.3 is 19.9 Å². The smallest absolute Gasteiger partial charge is 0.322 e. The molecule has 172 valence electrons. The van der Waals surface area contributed by atoms with Gasteiger partial charge in [0.1, 0.15) is 5.75 Å². The molecule has 4 amide bonds. The van der Waals surface area contributed by atoms with E-state index < -0.39 is 17.5 Å². The normalized spacial score (nSPS) is 19.1. The predicted molar refractivity (Wildman–Crippen MR) is 123 cm³/mol. The van der Waals surface area contributed by atoms with Crippen LogP contribution in [0.3, 0.4) is 0 Å². The molecule has 2 aliphatic rings.